The quantitative estimate of drug-likeness (QED) is 0.639. The number of likely N-dealkylation sites (N-methyl/N-ethyl adjacent to an activating group) is 1. The molecule has 20 heavy (non-hydrogen) atoms. The Hall–Kier alpha value is -2.27. The minimum absolute atomic E-state index is 0.231. The Morgan fingerprint density at radius 3 is 2.65 bits per heavy atom. The largest absolute Gasteiger partial charge is 0.487 e. The number of nitrogens with one attached hydrogen (secondary N) is 1. The summed E-state index contributed by atoms with van der Waals surface area (Å²) in [5.41, 5.74) is -2.04. The molecule has 0 radical (unpaired) electrons. The Kier molecular flexibility index (Phi) is 4.94. The number of ether oxygens (including phenoxy) is 1. The number of benzene rings is 1. The highest BCUT2D eigenvalue weighted by Gasteiger charge is 2.25. The third kappa shape index (κ3) is 3.61. The van der Waals surface area contributed by atoms with E-state index in [-0.39, 0.29) is 6.61 Å². The lowest BCUT2D eigenvalue weighted by Crippen LogP contribution is -2.46. The molecule has 1 atom stereocenters. The zero-order chi connectivity index (χ0) is 15.3. The van der Waals surface area contributed by atoms with Crippen molar-refractivity contribution in [2.75, 3.05) is 13.2 Å². The van der Waals surface area contributed by atoms with E-state index in [0.717, 1.165) is 0 Å². The van der Waals surface area contributed by atoms with Crippen LogP contribution in [0.1, 0.15) is 13.8 Å². The number of hydrogen-bond acceptors (Lipinski definition) is 5. The van der Waals surface area contributed by atoms with Gasteiger partial charge in [-0.1, -0.05) is 6.92 Å². The van der Waals surface area contributed by atoms with Gasteiger partial charge >= 0.3 is 5.69 Å². The molecule has 0 fully saturated rings. The normalized spacial score (nSPS) is 13.3. The predicted molar refractivity (Wildman–Crippen MR) is 66.2 cm³/mol. The summed E-state index contributed by atoms with van der Waals surface area (Å²) in [6.07, 6.45) is 0. The highest BCUT2D eigenvalue weighted by molar-refractivity contribution is 5.39. The zero-order valence-corrected chi connectivity index (χ0v) is 10.9. The molecule has 0 saturated carbocycles. The topological polar surface area (TPSA) is 88.2 Å². The summed E-state index contributed by atoms with van der Waals surface area (Å²) in [5.74, 6) is -2.74. The summed E-state index contributed by atoms with van der Waals surface area (Å²) in [6, 6.07) is 2.99. The summed E-state index contributed by atoms with van der Waals surface area (Å²) < 4.78 is 32.0. The summed E-state index contributed by atoms with van der Waals surface area (Å²) >= 11 is 0. The van der Waals surface area contributed by atoms with Gasteiger partial charge in [-0.2, -0.15) is 9.65 Å². The second-order valence-electron chi connectivity index (χ2n) is 4.25. The molecular formula is C12H13F2N3O3. The van der Waals surface area contributed by atoms with Gasteiger partial charge in [0.05, 0.1) is 17.1 Å². The van der Waals surface area contributed by atoms with E-state index in [9.17, 15) is 18.9 Å². The summed E-state index contributed by atoms with van der Waals surface area (Å²) in [4.78, 5) is 9.41. The van der Waals surface area contributed by atoms with E-state index in [1.165, 1.54) is 6.92 Å². The fourth-order valence-electron chi connectivity index (χ4n) is 1.50. The lowest BCUT2D eigenvalue weighted by Gasteiger charge is -2.22. The first kappa shape index (κ1) is 15.8. The molecule has 0 spiro atoms. The first-order chi connectivity index (χ1) is 9.33. The molecule has 1 aromatic carbocycles. The summed E-state index contributed by atoms with van der Waals surface area (Å²) in [7, 11) is 0. The highest BCUT2D eigenvalue weighted by atomic mass is 19.1. The molecule has 1 aromatic rings. The van der Waals surface area contributed by atoms with Gasteiger partial charge in [-0.15, -0.1) is 0 Å². The van der Waals surface area contributed by atoms with Crippen LogP contribution < -0.4 is 10.1 Å². The monoisotopic (exact) mass is 285 g/mol. The standard InChI is InChI=1S/C12H13F2N3O3/c1-3-16-12(2,6-15)7-20-11-5-8(13)10(17(18)19)4-9(11)14/h4-5,16H,3,7H2,1-2H3. The van der Waals surface area contributed by atoms with Crippen LogP contribution in [0.3, 0.4) is 0 Å². The Balaban J connectivity index is 2.92. The minimum Gasteiger partial charge on any atom is -0.487 e. The molecule has 0 aliphatic carbocycles. The molecule has 0 heterocycles. The van der Waals surface area contributed by atoms with Gasteiger partial charge in [0.15, 0.2) is 11.6 Å². The van der Waals surface area contributed by atoms with Gasteiger partial charge in [0, 0.05) is 6.07 Å². The Morgan fingerprint density at radius 2 is 2.15 bits per heavy atom. The third-order valence-electron chi connectivity index (χ3n) is 2.53. The first-order valence-electron chi connectivity index (χ1n) is 5.75. The number of halogens is 2. The van der Waals surface area contributed by atoms with E-state index in [2.05, 4.69) is 5.32 Å². The molecule has 0 bridgehead atoms. The van der Waals surface area contributed by atoms with Gasteiger partial charge in [0.2, 0.25) is 5.82 Å². The van der Waals surface area contributed by atoms with Crippen molar-refractivity contribution >= 4 is 5.69 Å². The van der Waals surface area contributed by atoms with Crippen LogP contribution in [0.5, 0.6) is 5.75 Å². The van der Waals surface area contributed by atoms with Gasteiger partial charge in [0.25, 0.3) is 0 Å². The number of hydrogen-bond donors (Lipinski definition) is 1. The Morgan fingerprint density at radius 1 is 1.50 bits per heavy atom. The van der Waals surface area contributed by atoms with Crippen LogP contribution in [0.2, 0.25) is 0 Å². The molecule has 1 rings (SSSR count). The van der Waals surface area contributed by atoms with Crippen molar-refractivity contribution in [1.82, 2.24) is 5.32 Å². The molecule has 0 amide bonds. The van der Waals surface area contributed by atoms with Crippen molar-refractivity contribution in [1.29, 1.82) is 5.26 Å². The molecule has 108 valence electrons. The predicted octanol–water partition coefficient (Wildman–Crippen LogP) is 2.14. The number of rotatable bonds is 6. The third-order valence-corrected chi connectivity index (χ3v) is 2.53. The smallest absolute Gasteiger partial charge is 0.307 e. The number of nitriles is 1. The van der Waals surface area contributed by atoms with E-state index >= 15 is 0 Å². The van der Waals surface area contributed by atoms with E-state index in [1.807, 2.05) is 6.07 Å². The van der Waals surface area contributed by atoms with Gasteiger partial charge in [-0.3, -0.25) is 15.4 Å². The highest BCUT2D eigenvalue weighted by Crippen LogP contribution is 2.26. The second-order valence-corrected chi connectivity index (χ2v) is 4.25. The second kappa shape index (κ2) is 6.25. The molecule has 0 aromatic heterocycles. The summed E-state index contributed by atoms with van der Waals surface area (Å²) in [6.45, 7) is 3.58. The zero-order valence-electron chi connectivity index (χ0n) is 10.9. The molecule has 0 aliphatic rings. The van der Waals surface area contributed by atoms with Crippen LogP contribution in [0.4, 0.5) is 14.5 Å². The van der Waals surface area contributed by atoms with Gasteiger partial charge < -0.3 is 4.74 Å². The molecule has 1 N–H and O–H groups in total. The fourth-order valence-corrected chi connectivity index (χ4v) is 1.50. The van der Waals surface area contributed by atoms with Gasteiger partial charge in [-0.05, 0) is 13.5 Å². The van der Waals surface area contributed by atoms with Crippen molar-refractivity contribution in [3.8, 4) is 11.8 Å². The van der Waals surface area contributed by atoms with E-state index in [4.69, 9.17) is 10.00 Å². The average Bonchev–Trinajstić information content (AvgIpc) is 2.39. The molecule has 8 heteroatoms. The molecular weight excluding hydrogens is 272 g/mol. The average molecular weight is 285 g/mol. The van der Waals surface area contributed by atoms with Crippen molar-refractivity contribution < 1.29 is 18.4 Å². The van der Waals surface area contributed by atoms with Crippen LogP contribution >= 0.6 is 0 Å². The van der Waals surface area contributed by atoms with Gasteiger partial charge in [0.1, 0.15) is 12.1 Å². The van der Waals surface area contributed by atoms with E-state index < -0.39 is 33.5 Å². The SMILES string of the molecule is CCNC(C)(C#N)COc1cc(F)c([N+](=O)[O-])cc1F. The van der Waals surface area contributed by atoms with Crippen LogP contribution in [-0.2, 0) is 0 Å². The maximum Gasteiger partial charge on any atom is 0.307 e. The van der Waals surface area contributed by atoms with Crippen LogP contribution in [0, 0.1) is 33.1 Å². The van der Waals surface area contributed by atoms with Crippen LogP contribution in [0.15, 0.2) is 12.1 Å². The number of nitrogens with zero attached hydrogens (tertiary/aromatic N) is 2. The Labute approximate surface area is 114 Å². The van der Waals surface area contributed by atoms with Gasteiger partial charge in [-0.25, -0.2) is 4.39 Å². The maximum absolute atomic E-state index is 13.6. The minimum atomic E-state index is -1.20. The lowest BCUT2D eigenvalue weighted by atomic mass is 10.1. The Bertz CT molecular complexity index is 560. The fraction of sp³-hybridized carbons (Fsp3) is 0.417. The van der Waals surface area contributed by atoms with Crippen LogP contribution in [0.25, 0.3) is 0 Å². The van der Waals surface area contributed by atoms with Crippen LogP contribution in [-0.4, -0.2) is 23.6 Å². The van der Waals surface area contributed by atoms with Crippen molar-refractivity contribution in [3.63, 3.8) is 0 Å². The lowest BCUT2D eigenvalue weighted by molar-refractivity contribution is -0.387. The van der Waals surface area contributed by atoms with E-state index in [0.29, 0.717) is 18.7 Å². The van der Waals surface area contributed by atoms with E-state index in [1.54, 1.807) is 6.92 Å². The number of nitro benzene ring substituents is 1. The molecule has 1 unspecified atom stereocenters. The molecule has 0 saturated heterocycles. The summed E-state index contributed by atoms with van der Waals surface area (Å²) in [5, 5.41) is 22.3. The maximum atomic E-state index is 13.6. The number of nitro groups is 1. The first-order valence-corrected chi connectivity index (χ1v) is 5.75. The molecule has 0 aliphatic heterocycles. The van der Waals surface area contributed by atoms with Crippen molar-refractivity contribution in [2.24, 2.45) is 0 Å². The molecule has 6 nitrogen and oxygen atoms in total. The van der Waals surface area contributed by atoms with Crippen molar-refractivity contribution in [2.45, 2.75) is 19.4 Å². The van der Waals surface area contributed by atoms with Crippen molar-refractivity contribution in [3.05, 3.63) is 33.9 Å².